The van der Waals surface area contributed by atoms with Crippen molar-refractivity contribution >= 4 is 17.0 Å². The second-order valence-electron chi connectivity index (χ2n) is 4.38. The summed E-state index contributed by atoms with van der Waals surface area (Å²) >= 11 is 0. The van der Waals surface area contributed by atoms with E-state index in [1.165, 1.54) is 0 Å². The van der Waals surface area contributed by atoms with Crippen LogP contribution in [0.2, 0.25) is 0 Å². The Morgan fingerprint density at radius 1 is 1.41 bits per heavy atom. The first-order valence-corrected chi connectivity index (χ1v) is 5.67. The van der Waals surface area contributed by atoms with Gasteiger partial charge in [0, 0.05) is 0 Å². The van der Waals surface area contributed by atoms with Gasteiger partial charge >= 0.3 is 5.97 Å². The quantitative estimate of drug-likeness (QED) is 0.763. The molecular formula is C13H16N2O2. The molecule has 17 heavy (non-hydrogen) atoms. The van der Waals surface area contributed by atoms with E-state index < -0.39 is 5.54 Å². The molecule has 90 valence electrons. The molecule has 0 N–H and O–H groups in total. The van der Waals surface area contributed by atoms with Crippen LogP contribution in [-0.4, -0.2) is 22.1 Å². The Morgan fingerprint density at radius 2 is 2.12 bits per heavy atom. The third-order valence-electron chi connectivity index (χ3n) is 2.83. The summed E-state index contributed by atoms with van der Waals surface area (Å²) in [6.07, 6.45) is 1.68. The Hall–Kier alpha value is -1.84. The fourth-order valence-electron chi connectivity index (χ4n) is 1.81. The number of aromatic nitrogens is 2. The molecule has 0 radical (unpaired) electrons. The van der Waals surface area contributed by atoms with Crippen molar-refractivity contribution in [3.05, 3.63) is 30.6 Å². The van der Waals surface area contributed by atoms with Gasteiger partial charge in [-0.1, -0.05) is 12.1 Å². The van der Waals surface area contributed by atoms with Gasteiger partial charge in [0.1, 0.15) is 5.54 Å². The highest BCUT2D eigenvalue weighted by atomic mass is 16.5. The van der Waals surface area contributed by atoms with Crippen LogP contribution in [0.3, 0.4) is 0 Å². The van der Waals surface area contributed by atoms with Crippen molar-refractivity contribution in [1.29, 1.82) is 0 Å². The zero-order chi connectivity index (χ0) is 12.5. The SMILES string of the molecule is CCOC(=O)C(C)(C)n1cnc2ccccc21. The molecule has 1 aromatic heterocycles. The summed E-state index contributed by atoms with van der Waals surface area (Å²) in [6, 6.07) is 7.73. The molecule has 4 heteroatoms. The molecule has 0 spiro atoms. The minimum Gasteiger partial charge on any atom is -0.464 e. The normalized spacial score (nSPS) is 11.7. The lowest BCUT2D eigenvalue weighted by Crippen LogP contribution is -2.36. The fourth-order valence-corrected chi connectivity index (χ4v) is 1.81. The number of carbonyl (C=O) groups is 1. The summed E-state index contributed by atoms with van der Waals surface area (Å²) in [5.41, 5.74) is 1.07. The number of fused-ring (bicyclic) bond motifs is 1. The molecule has 0 aliphatic carbocycles. The Balaban J connectivity index is 2.48. The molecule has 1 aromatic carbocycles. The highest BCUT2D eigenvalue weighted by Gasteiger charge is 2.32. The fraction of sp³-hybridized carbons (Fsp3) is 0.385. The van der Waals surface area contributed by atoms with E-state index in [0.29, 0.717) is 6.61 Å². The molecule has 0 saturated heterocycles. The Morgan fingerprint density at radius 3 is 2.82 bits per heavy atom. The Labute approximate surface area is 100 Å². The first-order chi connectivity index (χ1) is 8.07. The van der Waals surface area contributed by atoms with Gasteiger partial charge in [-0.2, -0.15) is 0 Å². The molecule has 0 fully saturated rings. The lowest BCUT2D eigenvalue weighted by Gasteiger charge is -2.24. The maximum atomic E-state index is 11.9. The first kappa shape index (κ1) is 11.6. The second kappa shape index (κ2) is 4.20. The van der Waals surface area contributed by atoms with E-state index in [1.54, 1.807) is 13.3 Å². The van der Waals surface area contributed by atoms with Gasteiger partial charge in [0.15, 0.2) is 0 Å². The molecule has 2 aromatic rings. The van der Waals surface area contributed by atoms with Crippen molar-refractivity contribution in [2.75, 3.05) is 6.61 Å². The van der Waals surface area contributed by atoms with E-state index in [0.717, 1.165) is 11.0 Å². The highest BCUT2D eigenvalue weighted by Crippen LogP contribution is 2.23. The molecule has 0 amide bonds. The number of imidazole rings is 1. The van der Waals surface area contributed by atoms with Crippen LogP contribution in [0, 0.1) is 0 Å². The molecule has 0 atom stereocenters. The Kier molecular flexibility index (Phi) is 2.88. The lowest BCUT2D eigenvalue weighted by molar-refractivity contribution is -0.152. The Bertz CT molecular complexity index is 543. The predicted octanol–water partition coefficient (Wildman–Crippen LogP) is 2.33. The maximum absolute atomic E-state index is 11.9. The average Bonchev–Trinajstić information content (AvgIpc) is 2.73. The topological polar surface area (TPSA) is 44.1 Å². The van der Waals surface area contributed by atoms with Crippen LogP contribution >= 0.6 is 0 Å². The third kappa shape index (κ3) is 1.90. The van der Waals surface area contributed by atoms with Gasteiger partial charge in [-0.05, 0) is 32.9 Å². The molecular weight excluding hydrogens is 216 g/mol. The van der Waals surface area contributed by atoms with Crippen molar-refractivity contribution in [1.82, 2.24) is 9.55 Å². The molecule has 1 heterocycles. The van der Waals surface area contributed by atoms with Crippen molar-refractivity contribution in [2.45, 2.75) is 26.3 Å². The number of esters is 1. The summed E-state index contributed by atoms with van der Waals surface area (Å²) < 4.78 is 6.94. The summed E-state index contributed by atoms with van der Waals surface area (Å²) in [6.45, 7) is 5.85. The van der Waals surface area contributed by atoms with Crippen LogP contribution in [0.25, 0.3) is 11.0 Å². The zero-order valence-corrected chi connectivity index (χ0v) is 10.3. The standard InChI is InChI=1S/C13H16N2O2/c1-4-17-12(16)13(2,3)15-9-14-10-7-5-6-8-11(10)15/h5-9H,4H2,1-3H3. The molecule has 4 nitrogen and oxygen atoms in total. The average molecular weight is 232 g/mol. The molecule has 0 aliphatic rings. The number of carbonyl (C=O) groups excluding carboxylic acids is 1. The number of ether oxygens (including phenoxy) is 1. The molecule has 0 unspecified atom stereocenters. The number of hydrogen-bond donors (Lipinski definition) is 0. The number of nitrogens with zero attached hydrogens (tertiary/aromatic N) is 2. The van der Waals surface area contributed by atoms with Crippen LogP contribution in [0.4, 0.5) is 0 Å². The van der Waals surface area contributed by atoms with Gasteiger partial charge in [0.25, 0.3) is 0 Å². The largest absolute Gasteiger partial charge is 0.464 e. The van der Waals surface area contributed by atoms with Gasteiger partial charge in [-0.3, -0.25) is 0 Å². The van der Waals surface area contributed by atoms with E-state index in [4.69, 9.17) is 4.74 Å². The summed E-state index contributed by atoms with van der Waals surface area (Å²) in [5.74, 6) is -0.247. The smallest absolute Gasteiger partial charge is 0.331 e. The van der Waals surface area contributed by atoms with Gasteiger partial charge in [-0.25, -0.2) is 9.78 Å². The molecule has 2 rings (SSSR count). The minimum atomic E-state index is -0.744. The van der Waals surface area contributed by atoms with Crippen LogP contribution in [0.15, 0.2) is 30.6 Å². The number of rotatable bonds is 3. The van der Waals surface area contributed by atoms with Crippen LogP contribution < -0.4 is 0 Å². The van der Waals surface area contributed by atoms with Crippen LogP contribution in [-0.2, 0) is 15.1 Å². The highest BCUT2D eigenvalue weighted by molar-refractivity contribution is 5.82. The summed E-state index contributed by atoms with van der Waals surface area (Å²) in [7, 11) is 0. The zero-order valence-electron chi connectivity index (χ0n) is 10.3. The second-order valence-corrected chi connectivity index (χ2v) is 4.38. The summed E-state index contributed by atoms with van der Waals surface area (Å²) in [5, 5.41) is 0. The number of para-hydroxylation sites is 2. The van der Waals surface area contributed by atoms with E-state index in [9.17, 15) is 4.79 Å². The lowest BCUT2D eigenvalue weighted by atomic mass is 10.1. The van der Waals surface area contributed by atoms with Crippen molar-refractivity contribution in [3.8, 4) is 0 Å². The van der Waals surface area contributed by atoms with E-state index in [2.05, 4.69) is 4.98 Å². The van der Waals surface area contributed by atoms with Crippen molar-refractivity contribution < 1.29 is 9.53 Å². The molecule has 0 saturated carbocycles. The maximum Gasteiger partial charge on any atom is 0.331 e. The monoisotopic (exact) mass is 232 g/mol. The van der Waals surface area contributed by atoms with E-state index in [-0.39, 0.29) is 5.97 Å². The minimum absolute atomic E-state index is 0.247. The van der Waals surface area contributed by atoms with Gasteiger partial charge in [0.05, 0.1) is 24.0 Å². The van der Waals surface area contributed by atoms with E-state index >= 15 is 0 Å². The van der Waals surface area contributed by atoms with Crippen molar-refractivity contribution in [3.63, 3.8) is 0 Å². The first-order valence-electron chi connectivity index (χ1n) is 5.67. The predicted molar refractivity (Wildman–Crippen MR) is 65.7 cm³/mol. The molecule has 0 aliphatic heterocycles. The van der Waals surface area contributed by atoms with Gasteiger partial charge < -0.3 is 9.30 Å². The number of benzene rings is 1. The van der Waals surface area contributed by atoms with Crippen LogP contribution in [0.5, 0.6) is 0 Å². The summed E-state index contributed by atoms with van der Waals surface area (Å²) in [4.78, 5) is 16.2. The van der Waals surface area contributed by atoms with Crippen molar-refractivity contribution in [2.24, 2.45) is 0 Å². The van der Waals surface area contributed by atoms with Crippen LogP contribution in [0.1, 0.15) is 20.8 Å². The third-order valence-corrected chi connectivity index (χ3v) is 2.83. The van der Waals surface area contributed by atoms with E-state index in [1.807, 2.05) is 42.7 Å². The van der Waals surface area contributed by atoms with Gasteiger partial charge in [-0.15, -0.1) is 0 Å². The molecule has 0 bridgehead atoms. The van der Waals surface area contributed by atoms with Gasteiger partial charge in [0.2, 0.25) is 0 Å². The number of hydrogen-bond acceptors (Lipinski definition) is 3.